The Morgan fingerprint density at radius 3 is 2.12 bits per heavy atom. The third-order valence-corrected chi connectivity index (χ3v) is 6.10. The molecule has 2 heterocycles. The van der Waals surface area contributed by atoms with Gasteiger partial charge in [-0.2, -0.15) is 0 Å². The molecule has 0 saturated carbocycles. The zero-order chi connectivity index (χ0) is 25.2. The van der Waals surface area contributed by atoms with Crippen molar-refractivity contribution in [1.29, 1.82) is 0 Å². The summed E-state index contributed by atoms with van der Waals surface area (Å²) in [6.45, 7) is 19.9. The topological polar surface area (TPSA) is 50.2 Å². The molecule has 0 aliphatic rings. The van der Waals surface area contributed by atoms with Crippen LogP contribution in [0.5, 0.6) is 0 Å². The van der Waals surface area contributed by atoms with E-state index >= 15 is 0 Å². The molecule has 0 saturated heterocycles. The Kier molecular flexibility index (Phi) is 10.0. The second-order valence-corrected chi connectivity index (χ2v) is 12.6. The molecule has 3 rings (SSSR count). The number of carbonyl (C=O) groups excluding carboxylic acids is 1. The number of aromatic nitrogens is 1. The maximum atomic E-state index is 11.5. The summed E-state index contributed by atoms with van der Waals surface area (Å²) in [5.74, 6) is 0.104. The van der Waals surface area contributed by atoms with E-state index in [2.05, 4.69) is 69.5 Å². The fourth-order valence-electron chi connectivity index (χ4n) is 2.85. The smallest absolute Gasteiger partial charge is 0.164 e. The molecule has 2 aromatic heterocycles. The van der Waals surface area contributed by atoms with E-state index in [1.807, 2.05) is 41.5 Å². The van der Waals surface area contributed by atoms with Gasteiger partial charge in [-0.3, -0.25) is 9.78 Å². The molecule has 5 heteroatoms. The summed E-state index contributed by atoms with van der Waals surface area (Å²) in [7, 11) is 0. The Morgan fingerprint density at radius 1 is 0.971 bits per heavy atom. The first-order chi connectivity index (χ1) is 15.0. The Balaban J connectivity index is 0.000000364. The number of hydrogen-bond donors (Lipinski definition) is 1. The number of allylic oxidation sites excluding steroid dienone is 2. The van der Waals surface area contributed by atoms with Crippen LogP contribution in [0.2, 0.25) is 0 Å². The summed E-state index contributed by atoms with van der Waals surface area (Å²) >= 11 is 1.73. The molecule has 1 radical (unpaired) electrons. The summed E-state index contributed by atoms with van der Waals surface area (Å²) in [5.41, 5.74) is 5.03. The average Bonchev–Trinajstić information content (AvgIpc) is 3.13. The van der Waals surface area contributed by atoms with E-state index in [1.165, 1.54) is 21.9 Å². The van der Waals surface area contributed by atoms with Crippen molar-refractivity contribution in [3.63, 3.8) is 0 Å². The molecule has 0 aliphatic heterocycles. The van der Waals surface area contributed by atoms with Gasteiger partial charge >= 0.3 is 0 Å². The van der Waals surface area contributed by atoms with E-state index in [0.29, 0.717) is 0 Å². The standard InChI is InChI=1S/C18H18NS.C11H20O2.Ir/c1-12-9-13(11-14(10-12)18(2,3)4)15-5-6-17-16(19-15)7-8-20-17;1-10(2,3)8(12)7-9(13)11(4,5)6;/h5-8,10-11H,1-4H3;7,12H,1-6H3;/q-1;;/b;8-7-;. The first kappa shape index (κ1) is 30.2. The van der Waals surface area contributed by atoms with Gasteiger partial charge in [0, 0.05) is 37.0 Å². The summed E-state index contributed by atoms with van der Waals surface area (Å²) in [4.78, 5) is 16.2. The number of aliphatic hydroxyl groups excluding tert-OH is 1. The van der Waals surface area contributed by atoms with Crippen molar-refractivity contribution in [3.8, 4) is 11.3 Å². The molecule has 0 atom stereocenters. The Labute approximate surface area is 223 Å². The van der Waals surface area contributed by atoms with E-state index in [-0.39, 0.29) is 42.5 Å². The van der Waals surface area contributed by atoms with Gasteiger partial charge in [0.2, 0.25) is 0 Å². The number of benzene rings is 1. The number of carbonyl (C=O) groups is 1. The van der Waals surface area contributed by atoms with Crippen LogP contribution in [-0.4, -0.2) is 15.9 Å². The first-order valence-corrected chi connectivity index (χ1v) is 12.2. The molecule has 0 unspecified atom stereocenters. The minimum absolute atomic E-state index is 0. The maximum Gasteiger partial charge on any atom is 0.164 e. The minimum atomic E-state index is -0.417. The van der Waals surface area contributed by atoms with Crippen molar-refractivity contribution in [2.24, 2.45) is 10.8 Å². The Bertz CT molecular complexity index is 1160. The van der Waals surface area contributed by atoms with Crippen molar-refractivity contribution in [1.82, 2.24) is 4.98 Å². The molecule has 0 amide bonds. The molecular weight excluding hydrogens is 619 g/mol. The zero-order valence-electron chi connectivity index (χ0n) is 22.1. The van der Waals surface area contributed by atoms with Crippen molar-refractivity contribution >= 4 is 27.3 Å². The Morgan fingerprint density at radius 2 is 1.59 bits per heavy atom. The van der Waals surface area contributed by atoms with Gasteiger partial charge in [0.25, 0.3) is 0 Å². The fraction of sp³-hybridized carbons (Fsp3) is 0.448. The van der Waals surface area contributed by atoms with Gasteiger partial charge in [-0.15, -0.1) is 46.2 Å². The van der Waals surface area contributed by atoms with E-state index in [1.54, 1.807) is 11.3 Å². The van der Waals surface area contributed by atoms with Crippen LogP contribution >= 0.6 is 11.3 Å². The molecule has 0 fully saturated rings. The van der Waals surface area contributed by atoms with E-state index in [4.69, 9.17) is 4.98 Å². The average molecular weight is 657 g/mol. The minimum Gasteiger partial charge on any atom is -0.512 e. The van der Waals surface area contributed by atoms with Crippen LogP contribution in [0.25, 0.3) is 21.5 Å². The third kappa shape index (κ3) is 8.44. The molecule has 0 aliphatic carbocycles. The largest absolute Gasteiger partial charge is 0.512 e. The van der Waals surface area contributed by atoms with Crippen LogP contribution in [0, 0.1) is 23.8 Å². The molecule has 187 valence electrons. The van der Waals surface area contributed by atoms with Crippen molar-refractivity contribution in [2.45, 2.75) is 74.7 Å². The SMILES string of the molecule is CC(C)(C)C(=O)/C=C(\O)C(C)(C)C.Cc1[c-]c(-c2ccc3sccc3n2)cc(C(C)(C)C)c1.[Ir]. The van der Waals surface area contributed by atoms with Crippen molar-refractivity contribution in [2.75, 3.05) is 0 Å². The third-order valence-electron chi connectivity index (χ3n) is 5.23. The molecule has 0 bridgehead atoms. The van der Waals surface area contributed by atoms with Crippen LogP contribution < -0.4 is 0 Å². The van der Waals surface area contributed by atoms with E-state index in [9.17, 15) is 9.90 Å². The monoisotopic (exact) mass is 657 g/mol. The molecular formula is C29H38IrNO2S-. The Hall–Kier alpha value is -1.81. The molecule has 0 spiro atoms. The molecule has 1 aromatic carbocycles. The number of rotatable bonds is 2. The predicted molar refractivity (Wildman–Crippen MR) is 142 cm³/mol. The van der Waals surface area contributed by atoms with Crippen molar-refractivity contribution in [3.05, 3.63) is 64.7 Å². The van der Waals surface area contributed by atoms with Crippen LogP contribution in [0.3, 0.4) is 0 Å². The van der Waals surface area contributed by atoms with Gasteiger partial charge in [-0.1, -0.05) is 75.3 Å². The van der Waals surface area contributed by atoms with E-state index < -0.39 is 5.41 Å². The summed E-state index contributed by atoms with van der Waals surface area (Å²) in [6.07, 6.45) is 1.33. The van der Waals surface area contributed by atoms with Gasteiger partial charge in [-0.05, 0) is 28.6 Å². The molecule has 34 heavy (non-hydrogen) atoms. The van der Waals surface area contributed by atoms with Gasteiger partial charge in [0.05, 0.1) is 10.2 Å². The number of hydrogen-bond acceptors (Lipinski definition) is 4. The summed E-state index contributed by atoms with van der Waals surface area (Å²) in [5, 5.41) is 11.6. The second-order valence-electron chi connectivity index (χ2n) is 11.6. The van der Waals surface area contributed by atoms with Crippen LogP contribution in [0.4, 0.5) is 0 Å². The van der Waals surface area contributed by atoms with Gasteiger partial charge in [-0.25, -0.2) is 0 Å². The summed E-state index contributed by atoms with van der Waals surface area (Å²) < 4.78 is 1.23. The number of ketones is 1. The quantitative estimate of drug-likeness (QED) is 0.171. The van der Waals surface area contributed by atoms with Crippen LogP contribution in [0.1, 0.15) is 73.4 Å². The van der Waals surface area contributed by atoms with Gasteiger partial charge < -0.3 is 5.11 Å². The number of aliphatic hydroxyl groups is 1. The van der Waals surface area contributed by atoms with Crippen LogP contribution in [-0.2, 0) is 30.3 Å². The predicted octanol–water partition coefficient (Wildman–Crippen LogP) is 8.46. The molecule has 1 N–H and O–H groups in total. The van der Waals surface area contributed by atoms with Crippen LogP contribution in [0.15, 0.2) is 47.5 Å². The number of nitrogens with zero attached hydrogens (tertiary/aromatic N) is 1. The number of thiophene rings is 1. The number of fused-ring (bicyclic) bond motifs is 1. The molecule has 3 nitrogen and oxygen atoms in total. The van der Waals surface area contributed by atoms with E-state index in [0.717, 1.165) is 16.8 Å². The van der Waals surface area contributed by atoms with Gasteiger partial charge in [0.1, 0.15) is 5.76 Å². The fourth-order valence-corrected chi connectivity index (χ4v) is 3.57. The normalized spacial score (nSPS) is 12.6. The molecule has 3 aromatic rings. The van der Waals surface area contributed by atoms with Crippen molar-refractivity contribution < 1.29 is 30.0 Å². The second kappa shape index (κ2) is 11.3. The van der Waals surface area contributed by atoms with Gasteiger partial charge in [0.15, 0.2) is 5.78 Å². The number of aryl methyl sites for hydroxylation is 1. The first-order valence-electron chi connectivity index (χ1n) is 11.3. The summed E-state index contributed by atoms with van der Waals surface area (Å²) in [6, 6.07) is 14.2. The zero-order valence-corrected chi connectivity index (χ0v) is 25.3. The number of pyridine rings is 1. The maximum absolute atomic E-state index is 11.5.